The normalized spacial score (nSPS) is 15.9. The summed E-state index contributed by atoms with van der Waals surface area (Å²) in [7, 11) is 1.68. The molecule has 2 unspecified atom stereocenters. The van der Waals surface area contributed by atoms with Crippen LogP contribution in [0.4, 0.5) is 0 Å². The SMILES string of the molecule is CCC(C)C(N)C(=O)N(C)C(C)(C)CO. The van der Waals surface area contributed by atoms with Gasteiger partial charge in [-0.25, -0.2) is 0 Å². The second-order valence-corrected chi connectivity index (χ2v) is 4.78. The van der Waals surface area contributed by atoms with Gasteiger partial charge in [0.2, 0.25) is 5.91 Å². The molecule has 0 aliphatic rings. The predicted octanol–water partition coefficient (Wildman–Crippen LogP) is 0.589. The van der Waals surface area contributed by atoms with E-state index in [-0.39, 0.29) is 18.4 Å². The van der Waals surface area contributed by atoms with Crippen molar-refractivity contribution >= 4 is 5.91 Å². The summed E-state index contributed by atoms with van der Waals surface area (Å²) in [6.45, 7) is 7.53. The van der Waals surface area contributed by atoms with Gasteiger partial charge in [0.1, 0.15) is 0 Å². The standard InChI is InChI=1S/C11H24N2O2/c1-6-8(2)9(12)10(15)13(5)11(3,4)7-14/h8-9,14H,6-7,12H2,1-5H3. The summed E-state index contributed by atoms with van der Waals surface area (Å²) < 4.78 is 0. The highest BCUT2D eigenvalue weighted by Gasteiger charge is 2.31. The van der Waals surface area contributed by atoms with E-state index >= 15 is 0 Å². The Hall–Kier alpha value is -0.610. The molecule has 0 aliphatic heterocycles. The van der Waals surface area contributed by atoms with Crippen molar-refractivity contribution in [1.82, 2.24) is 4.90 Å². The molecule has 0 aromatic rings. The molecule has 0 bridgehead atoms. The number of hydrogen-bond acceptors (Lipinski definition) is 3. The summed E-state index contributed by atoms with van der Waals surface area (Å²) in [5.41, 5.74) is 5.30. The van der Waals surface area contributed by atoms with E-state index in [0.29, 0.717) is 0 Å². The molecular formula is C11H24N2O2. The zero-order valence-corrected chi connectivity index (χ0v) is 10.4. The van der Waals surface area contributed by atoms with Crippen LogP contribution in [0.25, 0.3) is 0 Å². The maximum absolute atomic E-state index is 11.9. The van der Waals surface area contributed by atoms with Crippen molar-refractivity contribution in [2.24, 2.45) is 11.7 Å². The molecule has 0 fully saturated rings. The average molecular weight is 216 g/mol. The number of nitrogens with zero attached hydrogens (tertiary/aromatic N) is 1. The number of amides is 1. The molecule has 0 aromatic heterocycles. The fourth-order valence-corrected chi connectivity index (χ4v) is 1.13. The average Bonchev–Trinajstić information content (AvgIpc) is 2.24. The Morgan fingerprint density at radius 3 is 2.33 bits per heavy atom. The zero-order chi connectivity index (χ0) is 12.2. The van der Waals surface area contributed by atoms with Crippen LogP contribution < -0.4 is 5.73 Å². The lowest BCUT2D eigenvalue weighted by Crippen LogP contribution is -2.54. The molecule has 4 heteroatoms. The van der Waals surface area contributed by atoms with Crippen LogP contribution in [0.3, 0.4) is 0 Å². The number of nitrogens with two attached hydrogens (primary N) is 1. The van der Waals surface area contributed by atoms with Gasteiger partial charge in [-0.05, 0) is 19.8 Å². The van der Waals surface area contributed by atoms with Gasteiger partial charge in [0.25, 0.3) is 0 Å². The third-order valence-electron chi connectivity index (χ3n) is 3.17. The lowest BCUT2D eigenvalue weighted by Gasteiger charge is -2.36. The fraction of sp³-hybridized carbons (Fsp3) is 0.909. The van der Waals surface area contributed by atoms with Crippen molar-refractivity contribution in [3.8, 4) is 0 Å². The molecule has 0 rings (SSSR count). The lowest BCUT2D eigenvalue weighted by atomic mass is 9.96. The van der Waals surface area contributed by atoms with Gasteiger partial charge in [0, 0.05) is 7.05 Å². The largest absolute Gasteiger partial charge is 0.394 e. The topological polar surface area (TPSA) is 66.6 Å². The van der Waals surface area contributed by atoms with E-state index < -0.39 is 11.6 Å². The van der Waals surface area contributed by atoms with Crippen molar-refractivity contribution in [3.05, 3.63) is 0 Å². The molecule has 4 nitrogen and oxygen atoms in total. The molecule has 90 valence electrons. The van der Waals surface area contributed by atoms with Crippen molar-refractivity contribution in [3.63, 3.8) is 0 Å². The Labute approximate surface area is 92.4 Å². The predicted molar refractivity (Wildman–Crippen MR) is 61.4 cm³/mol. The first-order chi connectivity index (χ1) is 6.77. The van der Waals surface area contributed by atoms with E-state index in [1.54, 1.807) is 7.05 Å². The number of likely N-dealkylation sites (N-methyl/N-ethyl adjacent to an activating group) is 1. The first-order valence-corrected chi connectivity index (χ1v) is 5.42. The van der Waals surface area contributed by atoms with Gasteiger partial charge in [0.05, 0.1) is 18.2 Å². The highest BCUT2D eigenvalue weighted by atomic mass is 16.3. The summed E-state index contributed by atoms with van der Waals surface area (Å²) in [6.07, 6.45) is 0.875. The van der Waals surface area contributed by atoms with E-state index in [0.717, 1.165) is 6.42 Å². The van der Waals surface area contributed by atoms with Gasteiger partial charge >= 0.3 is 0 Å². The van der Waals surface area contributed by atoms with Gasteiger partial charge in [-0.1, -0.05) is 20.3 Å². The number of aliphatic hydroxyl groups is 1. The van der Waals surface area contributed by atoms with Crippen LogP contribution in [0.2, 0.25) is 0 Å². The lowest BCUT2D eigenvalue weighted by molar-refractivity contribution is -0.138. The van der Waals surface area contributed by atoms with E-state index in [9.17, 15) is 4.79 Å². The van der Waals surface area contributed by atoms with E-state index in [1.165, 1.54) is 4.90 Å². The maximum Gasteiger partial charge on any atom is 0.240 e. The number of aliphatic hydroxyl groups excluding tert-OH is 1. The molecule has 0 radical (unpaired) electrons. The van der Waals surface area contributed by atoms with E-state index in [2.05, 4.69) is 0 Å². The summed E-state index contributed by atoms with van der Waals surface area (Å²) >= 11 is 0. The molecule has 15 heavy (non-hydrogen) atoms. The third-order valence-corrected chi connectivity index (χ3v) is 3.17. The summed E-state index contributed by atoms with van der Waals surface area (Å²) in [4.78, 5) is 13.5. The Balaban J connectivity index is 4.58. The minimum atomic E-state index is -0.553. The van der Waals surface area contributed by atoms with Gasteiger partial charge in [0.15, 0.2) is 0 Å². The zero-order valence-electron chi connectivity index (χ0n) is 10.4. The summed E-state index contributed by atoms with van der Waals surface area (Å²) in [5, 5.41) is 9.16. The van der Waals surface area contributed by atoms with Gasteiger partial charge in [-0.3, -0.25) is 4.79 Å². The Kier molecular flexibility index (Phi) is 5.24. The quantitative estimate of drug-likeness (QED) is 0.707. The molecule has 1 amide bonds. The number of carbonyl (C=O) groups excluding carboxylic acids is 1. The molecule has 0 aliphatic carbocycles. The monoisotopic (exact) mass is 216 g/mol. The number of hydrogen-bond donors (Lipinski definition) is 2. The maximum atomic E-state index is 11.9. The van der Waals surface area contributed by atoms with Gasteiger partial charge in [-0.15, -0.1) is 0 Å². The molecule has 0 spiro atoms. The van der Waals surface area contributed by atoms with Crippen molar-refractivity contribution in [2.75, 3.05) is 13.7 Å². The van der Waals surface area contributed by atoms with Crippen LogP contribution in [-0.2, 0) is 4.79 Å². The molecular weight excluding hydrogens is 192 g/mol. The van der Waals surface area contributed by atoms with Crippen LogP contribution in [0.5, 0.6) is 0 Å². The molecule has 0 saturated carbocycles. The Morgan fingerprint density at radius 1 is 1.53 bits per heavy atom. The highest BCUT2D eigenvalue weighted by molar-refractivity contribution is 5.82. The molecule has 0 saturated heterocycles. The van der Waals surface area contributed by atoms with Crippen LogP contribution >= 0.6 is 0 Å². The van der Waals surface area contributed by atoms with Crippen LogP contribution in [0.1, 0.15) is 34.1 Å². The Bertz CT molecular complexity index is 217. The van der Waals surface area contributed by atoms with Crippen molar-refractivity contribution < 1.29 is 9.90 Å². The summed E-state index contributed by atoms with van der Waals surface area (Å²) in [5.74, 6) is 0.0536. The number of rotatable bonds is 5. The van der Waals surface area contributed by atoms with Crippen molar-refractivity contribution in [2.45, 2.75) is 45.7 Å². The molecule has 0 heterocycles. The van der Waals surface area contributed by atoms with E-state index in [1.807, 2.05) is 27.7 Å². The fourth-order valence-electron chi connectivity index (χ4n) is 1.13. The first kappa shape index (κ1) is 14.4. The smallest absolute Gasteiger partial charge is 0.240 e. The minimum absolute atomic E-state index is 0.0670. The van der Waals surface area contributed by atoms with Gasteiger partial charge < -0.3 is 15.7 Å². The third kappa shape index (κ3) is 3.47. The second kappa shape index (κ2) is 5.47. The highest BCUT2D eigenvalue weighted by Crippen LogP contribution is 2.15. The van der Waals surface area contributed by atoms with Crippen LogP contribution in [-0.4, -0.2) is 41.1 Å². The molecule has 0 aromatic carbocycles. The summed E-state index contributed by atoms with van der Waals surface area (Å²) in [6, 6.07) is -0.481. The Morgan fingerprint density at radius 2 is 2.00 bits per heavy atom. The number of carbonyl (C=O) groups is 1. The second-order valence-electron chi connectivity index (χ2n) is 4.78. The van der Waals surface area contributed by atoms with Crippen molar-refractivity contribution in [1.29, 1.82) is 0 Å². The first-order valence-electron chi connectivity index (χ1n) is 5.42. The minimum Gasteiger partial charge on any atom is -0.394 e. The molecule has 3 N–H and O–H groups in total. The van der Waals surface area contributed by atoms with Crippen LogP contribution in [0.15, 0.2) is 0 Å². The molecule has 2 atom stereocenters. The van der Waals surface area contributed by atoms with E-state index in [4.69, 9.17) is 10.8 Å². The van der Waals surface area contributed by atoms with Gasteiger partial charge in [-0.2, -0.15) is 0 Å². The van der Waals surface area contributed by atoms with Crippen LogP contribution in [0, 0.1) is 5.92 Å².